The quantitative estimate of drug-likeness (QED) is 0.758. The normalized spacial score (nSPS) is 10.4. The van der Waals surface area contributed by atoms with Crippen LogP contribution in [0.5, 0.6) is 0 Å². The fraction of sp³-hybridized carbons (Fsp3) is 0.500. The molecule has 0 fully saturated rings. The second-order valence-corrected chi connectivity index (χ2v) is 4.91. The topological polar surface area (TPSA) is 52.6 Å². The van der Waals surface area contributed by atoms with E-state index in [1.54, 1.807) is 0 Å². The van der Waals surface area contributed by atoms with Gasteiger partial charge < -0.3 is 15.3 Å². The third-order valence-corrected chi connectivity index (χ3v) is 3.10. The molecule has 0 bridgehead atoms. The van der Waals surface area contributed by atoms with Crippen LogP contribution in [0.15, 0.2) is 18.2 Å². The van der Waals surface area contributed by atoms with Crippen molar-refractivity contribution in [3.63, 3.8) is 0 Å². The molecule has 0 radical (unpaired) electrons. The van der Waals surface area contributed by atoms with E-state index in [-0.39, 0.29) is 23.9 Å². The van der Waals surface area contributed by atoms with Gasteiger partial charge in [-0.3, -0.25) is 0 Å². The van der Waals surface area contributed by atoms with Crippen LogP contribution in [0.25, 0.3) is 0 Å². The third-order valence-electron chi connectivity index (χ3n) is 2.86. The van der Waals surface area contributed by atoms with Gasteiger partial charge in [0.25, 0.3) is 0 Å². The van der Waals surface area contributed by atoms with Crippen LogP contribution < -0.4 is 5.32 Å². The first-order chi connectivity index (χ1) is 9.58. The van der Waals surface area contributed by atoms with Gasteiger partial charge in [0.2, 0.25) is 0 Å². The van der Waals surface area contributed by atoms with Gasteiger partial charge in [0.05, 0.1) is 12.3 Å². The minimum absolute atomic E-state index is 0.0813. The first-order valence-corrected chi connectivity index (χ1v) is 7.08. The Morgan fingerprint density at radius 2 is 2.15 bits per heavy atom. The van der Waals surface area contributed by atoms with Crippen molar-refractivity contribution in [1.82, 2.24) is 4.90 Å². The minimum Gasteiger partial charge on any atom is -0.395 e. The summed E-state index contributed by atoms with van der Waals surface area (Å²) in [5.74, 6) is -0.580. The van der Waals surface area contributed by atoms with Crippen LogP contribution in [-0.2, 0) is 0 Å². The van der Waals surface area contributed by atoms with E-state index in [2.05, 4.69) is 12.2 Å². The molecule has 6 heteroatoms. The predicted octanol–water partition coefficient (Wildman–Crippen LogP) is 3.50. The lowest BCUT2D eigenvalue weighted by molar-refractivity contribution is 0.187. The molecule has 1 rings (SSSR count). The van der Waals surface area contributed by atoms with Crippen molar-refractivity contribution in [2.45, 2.75) is 26.2 Å². The van der Waals surface area contributed by atoms with E-state index in [0.717, 1.165) is 25.3 Å². The fourth-order valence-corrected chi connectivity index (χ4v) is 1.93. The van der Waals surface area contributed by atoms with Crippen LogP contribution in [0.1, 0.15) is 26.2 Å². The van der Waals surface area contributed by atoms with Crippen molar-refractivity contribution in [2.24, 2.45) is 0 Å². The number of rotatable bonds is 7. The van der Waals surface area contributed by atoms with E-state index in [9.17, 15) is 9.18 Å². The van der Waals surface area contributed by atoms with Crippen LogP contribution in [-0.4, -0.2) is 35.7 Å². The number of benzene rings is 1. The van der Waals surface area contributed by atoms with Crippen molar-refractivity contribution >= 4 is 23.3 Å². The lowest BCUT2D eigenvalue weighted by atomic mass is 10.2. The molecule has 0 saturated carbocycles. The lowest BCUT2D eigenvalue weighted by Crippen LogP contribution is -2.38. The third kappa shape index (κ3) is 5.35. The summed E-state index contributed by atoms with van der Waals surface area (Å²) in [6, 6.07) is 3.65. The average molecular weight is 303 g/mol. The Bertz CT molecular complexity index is 443. The van der Waals surface area contributed by atoms with Crippen LogP contribution in [0.3, 0.4) is 0 Å². The fourth-order valence-electron chi connectivity index (χ4n) is 1.77. The van der Waals surface area contributed by atoms with Crippen LogP contribution in [0.4, 0.5) is 14.9 Å². The number of halogens is 2. The van der Waals surface area contributed by atoms with Gasteiger partial charge in [-0.25, -0.2) is 9.18 Å². The van der Waals surface area contributed by atoms with Gasteiger partial charge in [0, 0.05) is 18.1 Å². The Hall–Kier alpha value is -1.33. The van der Waals surface area contributed by atoms with Gasteiger partial charge in [-0.1, -0.05) is 31.4 Å². The summed E-state index contributed by atoms with van der Waals surface area (Å²) in [4.78, 5) is 13.5. The van der Waals surface area contributed by atoms with Crippen LogP contribution in [0, 0.1) is 5.82 Å². The Kier molecular flexibility index (Phi) is 7.33. The maximum Gasteiger partial charge on any atom is 0.322 e. The maximum absolute atomic E-state index is 13.6. The predicted molar refractivity (Wildman–Crippen MR) is 78.6 cm³/mol. The van der Waals surface area contributed by atoms with Crippen molar-refractivity contribution < 1.29 is 14.3 Å². The molecule has 0 aliphatic carbocycles. The summed E-state index contributed by atoms with van der Waals surface area (Å²) in [6.45, 7) is 2.71. The molecule has 0 atom stereocenters. The van der Waals surface area contributed by atoms with Gasteiger partial charge in [-0.2, -0.15) is 0 Å². The molecule has 1 aromatic carbocycles. The van der Waals surface area contributed by atoms with Crippen molar-refractivity contribution in [1.29, 1.82) is 0 Å². The second-order valence-electron chi connectivity index (χ2n) is 4.47. The van der Waals surface area contributed by atoms with Gasteiger partial charge >= 0.3 is 6.03 Å². The standard InChI is InChI=1S/C14H20ClFN2O2/c1-2-3-4-7-18(8-9-19)14(20)17-13-6-5-11(15)10-12(13)16/h5-6,10,19H,2-4,7-9H2,1H3,(H,17,20). The SMILES string of the molecule is CCCCCN(CCO)C(=O)Nc1ccc(Cl)cc1F. The summed E-state index contributed by atoms with van der Waals surface area (Å²) in [7, 11) is 0. The number of hydrogen-bond acceptors (Lipinski definition) is 2. The lowest BCUT2D eigenvalue weighted by Gasteiger charge is -2.22. The Morgan fingerprint density at radius 3 is 2.75 bits per heavy atom. The molecule has 112 valence electrons. The number of amides is 2. The summed E-state index contributed by atoms with van der Waals surface area (Å²) < 4.78 is 13.6. The van der Waals surface area contributed by atoms with E-state index in [4.69, 9.17) is 16.7 Å². The Labute approximate surface area is 123 Å². The van der Waals surface area contributed by atoms with E-state index < -0.39 is 11.8 Å². The zero-order valence-corrected chi connectivity index (χ0v) is 12.3. The number of unbranched alkanes of at least 4 members (excludes halogenated alkanes) is 2. The highest BCUT2D eigenvalue weighted by Gasteiger charge is 2.14. The van der Waals surface area contributed by atoms with Gasteiger partial charge in [0.15, 0.2) is 0 Å². The Morgan fingerprint density at radius 1 is 1.40 bits per heavy atom. The number of hydrogen-bond donors (Lipinski definition) is 2. The first kappa shape index (κ1) is 16.7. The number of aliphatic hydroxyl groups excluding tert-OH is 1. The molecular weight excluding hydrogens is 283 g/mol. The zero-order chi connectivity index (χ0) is 15.0. The van der Waals surface area contributed by atoms with E-state index >= 15 is 0 Å². The number of urea groups is 1. The molecule has 0 aliphatic rings. The molecule has 20 heavy (non-hydrogen) atoms. The highest BCUT2D eigenvalue weighted by atomic mass is 35.5. The minimum atomic E-state index is -0.580. The molecule has 2 amide bonds. The molecule has 0 spiro atoms. The highest BCUT2D eigenvalue weighted by molar-refractivity contribution is 6.30. The van der Waals surface area contributed by atoms with Crippen molar-refractivity contribution in [3.8, 4) is 0 Å². The summed E-state index contributed by atoms with van der Waals surface area (Å²) in [6.07, 6.45) is 2.90. The van der Waals surface area contributed by atoms with E-state index in [1.807, 2.05) is 0 Å². The van der Waals surface area contributed by atoms with Gasteiger partial charge in [-0.05, 0) is 24.6 Å². The monoisotopic (exact) mass is 302 g/mol. The van der Waals surface area contributed by atoms with E-state index in [1.165, 1.54) is 17.0 Å². The molecule has 0 saturated heterocycles. The number of carbonyl (C=O) groups excluding carboxylic acids is 1. The number of carbonyl (C=O) groups is 1. The number of nitrogens with zero attached hydrogens (tertiary/aromatic N) is 1. The van der Waals surface area contributed by atoms with Crippen molar-refractivity contribution in [2.75, 3.05) is 25.0 Å². The molecule has 1 aromatic rings. The number of nitrogens with one attached hydrogen (secondary N) is 1. The molecule has 0 aliphatic heterocycles. The number of aliphatic hydroxyl groups is 1. The van der Waals surface area contributed by atoms with Gasteiger partial charge in [-0.15, -0.1) is 0 Å². The molecule has 0 unspecified atom stereocenters. The summed E-state index contributed by atoms with van der Waals surface area (Å²) in [5.41, 5.74) is 0.0813. The zero-order valence-electron chi connectivity index (χ0n) is 11.5. The first-order valence-electron chi connectivity index (χ1n) is 6.70. The second kappa shape index (κ2) is 8.76. The largest absolute Gasteiger partial charge is 0.395 e. The highest BCUT2D eigenvalue weighted by Crippen LogP contribution is 2.19. The average Bonchev–Trinajstić information content (AvgIpc) is 2.41. The van der Waals surface area contributed by atoms with Gasteiger partial charge in [0.1, 0.15) is 5.82 Å². The Balaban J connectivity index is 2.64. The maximum atomic E-state index is 13.6. The van der Waals surface area contributed by atoms with Crippen molar-refractivity contribution in [3.05, 3.63) is 29.0 Å². The molecule has 0 heterocycles. The van der Waals surface area contributed by atoms with E-state index in [0.29, 0.717) is 6.54 Å². The summed E-state index contributed by atoms with van der Waals surface area (Å²) >= 11 is 5.65. The number of anilines is 1. The summed E-state index contributed by atoms with van der Waals surface area (Å²) in [5, 5.41) is 11.8. The molecule has 2 N–H and O–H groups in total. The molecule has 0 aromatic heterocycles. The van der Waals surface area contributed by atoms with Crippen LogP contribution >= 0.6 is 11.6 Å². The molecule has 4 nitrogen and oxygen atoms in total. The smallest absolute Gasteiger partial charge is 0.322 e. The van der Waals surface area contributed by atoms with Crippen LogP contribution in [0.2, 0.25) is 5.02 Å². The molecular formula is C14H20ClFN2O2.